The van der Waals surface area contributed by atoms with E-state index in [1.54, 1.807) is 231 Å². The molecule has 0 aliphatic carbocycles. The van der Waals surface area contributed by atoms with Crippen molar-refractivity contribution in [2.75, 3.05) is 34.2 Å². The van der Waals surface area contributed by atoms with E-state index in [4.69, 9.17) is 31.3 Å². The lowest BCUT2D eigenvalue weighted by Crippen LogP contribution is -2.02. The van der Waals surface area contributed by atoms with E-state index < -0.39 is 23.9 Å². The highest BCUT2D eigenvalue weighted by Gasteiger charge is 2.24. The highest BCUT2D eigenvalue weighted by molar-refractivity contribution is 5.92. The van der Waals surface area contributed by atoms with Gasteiger partial charge in [-0.3, -0.25) is 0 Å². The van der Waals surface area contributed by atoms with Gasteiger partial charge in [0, 0.05) is 34.0 Å². The largest absolute Gasteiger partial charge is 0.509 e. The van der Waals surface area contributed by atoms with Crippen LogP contribution in [-0.2, 0) is 18.9 Å². The molecule has 0 bridgehead atoms. The maximum atomic E-state index is 11.7. The molecule has 0 saturated heterocycles. The third-order valence-electron chi connectivity index (χ3n) is 18.8. The second-order valence-corrected chi connectivity index (χ2v) is 27.2. The van der Waals surface area contributed by atoms with Gasteiger partial charge in [-0.15, -0.1) is 0 Å². The van der Waals surface area contributed by atoms with E-state index in [-0.39, 0.29) is 104 Å². The van der Waals surface area contributed by atoms with Crippen molar-refractivity contribution in [1.82, 2.24) is 59.8 Å². The van der Waals surface area contributed by atoms with Gasteiger partial charge in [0.05, 0.1) is 102 Å². The lowest BCUT2D eigenvalue weighted by Gasteiger charge is -2.10. The van der Waals surface area contributed by atoms with Crippen LogP contribution in [0.1, 0.15) is 52.6 Å². The fourth-order valence-corrected chi connectivity index (χ4v) is 12.3. The smallest absolute Gasteiger partial charge is 0.337 e. The van der Waals surface area contributed by atoms with E-state index in [0.717, 1.165) is 11.1 Å². The lowest BCUT2D eigenvalue weighted by molar-refractivity contribution is 0.0592. The number of nitrogens with zero attached hydrogens (tertiary/aromatic N) is 13. The zero-order valence-electron chi connectivity index (χ0n) is 67.1. The minimum Gasteiger partial charge on any atom is -0.509 e. The summed E-state index contributed by atoms with van der Waals surface area (Å²) in [5, 5.41) is 82.9. The molecule has 0 amide bonds. The topological polar surface area (TPSA) is 452 Å². The van der Waals surface area contributed by atoms with Gasteiger partial charge in [-0.05, 0) is 165 Å². The summed E-state index contributed by atoms with van der Waals surface area (Å²) in [6.45, 7) is 10.9. The number of rotatable bonds is 16. The van der Waals surface area contributed by atoms with Crippen LogP contribution < -0.4 is 5.73 Å². The van der Waals surface area contributed by atoms with Crippen LogP contribution in [0.2, 0.25) is 0 Å². The van der Waals surface area contributed by atoms with E-state index in [1.165, 1.54) is 52.7 Å². The van der Waals surface area contributed by atoms with Crippen molar-refractivity contribution in [1.29, 1.82) is 0 Å². The molecule has 4 aromatic heterocycles. The number of nitrogens with two attached hydrogens (primary N) is 1. The summed E-state index contributed by atoms with van der Waals surface area (Å²) in [4.78, 5) is 104. The van der Waals surface area contributed by atoms with Gasteiger partial charge in [0.25, 0.3) is 0 Å². The molecule has 125 heavy (non-hydrogen) atoms. The maximum Gasteiger partial charge on any atom is 0.337 e. The molecule has 12 aromatic carbocycles. The Hall–Kier alpha value is -17.8. The predicted octanol–water partition coefficient (Wildman–Crippen LogP) is 17.0. The van der Waals surface area contributed by atoms with Gasteiger partial charge in [0.15, 0.2) is 75.6 Å². The molecule has 0 aliphatic heterocycles. The van der Waals surface area contributed by atoms with Gasteiger partial charge in [-0.2, -0.15) is 0 Å². The van der Waals surface area contributed by atoms with Crippen LogP contribution in [0.4, 0.5) is 11.4 Å². The zero-order chi connectivity index (χ0) is 88.5. The van der Waals surface area contributed by atoms with Gasteiger partial charge >= 0.3 is 23.9 Å². The normalized spacial score (nSPS) is 10.6. The van der Waals surface area contributed by atoms with E-state index >= 15 is 0 Å². The van der Waals surface area contributed by atoms with Crippen LogP contribution in [-0.4, -0.2) is 153 Å². The molecule has 0 aliphatic rings. The Morgan fingerprint density at radius 3 is 0.680 bits per heavy atom. The van der Waals surface area contributed by atoms with E-state index in [9.17, 15) is 60.0 Å². The van der Waals surface area contributed by atoms with Crippen molar-refractivity contribution in [3.8, 4) is 183 Å². The molecular formula is C95H72N14O16. The predicted molar refractivity (Wildman–Crippen MR) is 463 cm³/mol. The van der Waals surface area contributed by atoms with E-state index in [2.05, 4.69) is 64.7 Å². The van der Waals surface area contributed by atoms with Crippen LogP contribution in [0.25, 0.3) is 141 Å². The fourth-order valence-electron chi connectivity index (χ4n) is 12.3. The number of carbonyl (C=O) groups excluding carboxylic acids is 4. The number of aromatic hydroxyl groups is 8. The molecule has 0 saturated carbocycles. The summed E-state index contributed by atoms with van der Waals surface area (Å²) >= 11 is 0. The number of benzene rings is 12. The summed E-state index contributed by atoms with van der Waals surface area (Å²) in [5.41, 5.74) is 15.5. The maximum absolute atomic E-state index is 11.7. The van der Waals surface area contributed by atoms with Crippen molar-refractivity contribution in [2.45, 2.75) is 13.8 Å². The monoisotopic (exact) mass is 1660 g/mol. The first-order valence-electron chi connectivity index (χ1n) is 37.7. The summed E-state index contributed by atoms with van der Waals surface area (Å²) < 4.78 is 18.9. The van der Waals surface area contributed by atoms with Crippen molar-refractivity contribution < 1.29 is 79.0 Å². The molecule has 0 radical (unpaired) electrons. The molecular weight excluding hydrogens is 1590 g/mol. The van der Waals surface area contributed by atoms with Crippen LogP contribution in [0, 0.1) is 20.4 Å². The third kappa shape index (κ3) is 20.0. The van der Waals surface area contributed by atoms with E-state index in [0.29, 0.717) is 112 Å². The Kier molecular flexibility index (Phi) is 26.1. The number of aryl methyl sites for hydroxylation is 2. The van der Waals surface area contributed by atoms with Gasteiger partial charge in [-0.1, -0.05) is 121 Å². The van der Waals surface area contributed by atoms with Crippen LogP contribution >= 0.6 is 0 Å². The standard InChI is InChI=1S/C24H16N4O4.2C24H19N3O4.C23H18N4O4/c1-25-16-11-12-18(20(30)13-16)23-27-21(14-7-9-15(10-8-14)24(31)32-2)26-22(28-23)17-5-3-4-6-19(17)29;2*1-14-7-12-18(20(29)13-14)23-26-21(15-8-10-16(11-9-15)24(30)31-2)25-22(27-23)17-5-3-4-6-19(17)28;1-31-23(30)14-8-6-13(7-9-14)20-25-21(16-4-2-3-5-18(16)28)27-22(26-20)17-11-10-15(24)12-19(17)29/h3-13,29-30H,2H3;2*3-13,28-29H,1-2H3;2-12,28-29H,24H2,1H3. The minimum atomic E-state index is -0.465. The summed E-state index contributed by atoms with van der Waals surface area (Å²) in [7, 11) is 5.26. The molecule has 618 valence electrons. The van der Waals surface area contributed by atoms with Crippen LogP contribution in [0.15, 0.2) is 267 Å². The molecule has 10 N–H and O–H groups in total. The van der Waals surface area contributed by atoms with Crippen LogP contribution in [0.3, 0.4) is 0 Å². The molecule has 16 aromatic rings. The summed E-state index contributed by atoms with van der Waals surface area (Å²) in [6.07, 6.45) is 0. The van der Waals surface area contributed by atoms with E-state index in [1.807, 2.05) is 26.0 Å². The van der Waals surface area contributed by atoms with Gasteiger partial charge in [-0.25, -0.2) is 83.8 Å². The van der Waals surface area contributed by atoms with Gasteiger partial charge < -0.3 is 65.5 Å². The molecule has 30 nitrogen and oxygen atoms in total. The number of hydrogen-bond donors (Lipinski definition) is 9. The number of esters is 4. The molecule has 0 atom stereocenters. The first kappa shape index (κ1) is 85.1. The number of phenolic OH excluding ortho intramolecular Hbond substituents is 8. The summed E-state index contributed by atoms with van der Waals surface area (Å²) in [5.74, 6) is 1.19. The zero-order valence-corrected chi connectivity index (χ0v) is 67.1. The van der Waals surface area contributed by atoms with Gasteiger partial charge in [0.1, 0.15) is 46.0 Å². The van der Waals surface area contributed by atoms with Crippen LogP contribution in [0.5, 0.6) is 46.0 Å². The average molecular weight is 1670 g/mol. The Bertz CT molecular complexity index is 6320. The number of ether oxygens (including phenoxy) is 4. The number of carbonyl (C=O) groups is 4. The highest BCUT2D eigenvalue weighted by atomic mass is 16.5. The third-order valence-corrected chi connectivity index (χ3v) is 18.8. The SMILES string of the molecule is COC(=O)c1ccc(-c2nc(-c3ccccc3O)nc(-c3ccc(C)cc3O)n2)cc1.COC(=O)c1ccc(-c2nc(-c3ccccc3O)nc(-c3ccc(C)cc3O)n2)cc1.COC(=O)c1ccc(-c2nc(-c3ccccc3O)nc(-c3ccc(N)cc3O)n2)cc1.[C-]#[N+]c1ccc(-c2nc(-c3ccc(C(=O)OC)cc3)nc(-c3ccccc3O)n2)c(O)c1. The van der Waals surface area contributed by atoms with Gasteiger partial charge in [0.2, 0.25) is 0 Å². The molecule has 16 rings (SSSR count). The Labute approximate surface area is 712 Å². The quantitative estimate of drug-likeness (QED) is 0.0188. The highest BCUT2D eigenvalue weighted by Crippen LogP contribution is 2.40. The molecule has 0 unspecified atom stereocenters. The fraction of sp³-hybridized carbons (Fsp3) is 0.0632. The molecule has 0 fully saturated rings. The van der Waals surface area contributed by atoms with Crippen molar-refractivity contribution in [3.63, 3.8) is 0 Å². The summed E-state index contributed by atoms with van der Waals surface area (Å²) in [6, 6.07) is 72.6. The lowest BCUT2D eigenvalue weighted by atomic mass is 10.1. The van der Waals surface area contributed by atoms with Crippen molar-refractivity contribution >= 4 is 35.3 Å². The number of hydrogen-bond acceptors (Lipinski definition) is 29. The number of anilines is 1. The molecule has 30 heteroatoms. The Morgan fingerprint density at radius 1 is 0.256 bits per heavy atom. The van der Waals surface area contributed by atoms with Crippen molar-refractivity contribution in [3.05, 3.63) is 312 Å². The average Bonchev–Trinajstić information content (AvgIpc) is 0.801. The molecule has 4 heterocycles. The molecule has 0 spiro atoms. The second kappa shape index (κ2) is 38.3. The first-order chi connectivity index (χ1) is 60.4. The number of nitrogen functional groups attached to an aromatic ring is 1. The number of aromatic nitrogens is 12. The number of phenols is 8. The number of para-hydroxylation sites is 4. The van der Waals surface area contributed by atoms with Crippen molar-refractivity contribution in [2.24, 2.45) is 0 Å². The second-order valence-electron chi connectivity index (χ2n) is 27.2. The number of methoxy groups -OCH3 is 4. The Balaban J connectivity index is 0.000000143. The Morgan fingerprint density at radius 2 is 0.464 bits per heavy atom. The minimum absolute atomic E-state index is 0.00756. The first-order valence-corrected chi connectivity index (χ1v) is 37.7.